The molecule has 0 aliphatic carbocycles. The van der Waals surface area contributed by atoms with Gasteiger partial charge in [0.2, 0.25) is 17.6 Å². The lowest BCUT2D eigenvalue weighted by molar-refractivity contribution is -0.121. The molecule has 7 heteroatoms. The molecule has 118 valence electrons. The van der Waals surface area contributed by atoms with Crippen LogP contribution in [0.25, 0.3) is 11.4 Å². The van der Waals surface area contributed by atoms with E-state index in [1.54, 1.807) is 19.1 Å². The summed E-state index contributed by atoms with van der Waals surface area (Å²) in [6, 6.07) is 3.42. The van der Waals surface area contributed by atoms with Gasteiger partial charge in [-0.25, -0.2) is 0 Å². The number of carbonyl (C=O) groups is 1. The van der Waals surface area contributed by atoms with Gasteiger partial charge in [-0.05, 0) is 25.5 Å². The molecule has 2 aromatic heterocycles. The molecular formula is C15H20N4O3. The van der Waals surface area contributed by atoms with E-state index in [-0.39, 0.29) is 23.7 Å². The van der Waals surface area contributed by atoms with Gasteiger partial charge in [0.25, 0.3) is 5.56 Å². The smallest absolute Gasteiger partial charge is 0.259 e. The SMILES string of the molecule is CCCCNC(=O)CCc1nc(-c2ccc(C)[nH]c2=O)no1. The number of nitrogens with one attached hydrogen (secondary N) is 2. The maximum absolute atomic E-state index is 11.8. The molecule has 2 heterocycles. The average Bonchev–Trinajstić information content (AvgIpc) is 2.94. The minimum atomic E-state index is -0.260. The Morgan fingerprint density at radius 2 is 2.23 bits per heavy atom. The van der Waals surface area contributed by atoms with Gasteiger partial charge in [0.15, 0.2) is 0 Å². The van der Waals surface area contributed by atoms with Crippen LogP contribution in [-0.4, -0.2) is 27.6 Å². The van der Waals surface area contributed by atoms with Gasteiger partial charge in [0.05, 0.1) is 5.56 Å². The summed E-state index contributed by atoms with van der Waals surface area (Å²) in [6.07, 6.45) is 2.65. The van der Waals surface area contributed by atoms with Gasteiger partial charge in [-0.3, -0.25) is 9.59 Å². The molecule has 0 radical (unpaired) electrons. The Morgan fingerprint density at radius 1 is 1.41 bits per heavy atom. The van der Waals surface area contributed by atoms with Crippen molar-refractivity contribution in [2.24, 2.45) is 0 Å². The molecule has 2 aromatic rings. The minimum absolute atomic E-state index is 0.0404. The van der Waals surface area contributed by atoms with Gasteiger partial charge in [-0.15, -0.1) is 0 Å². The normalized spacial score (nSPS) is 10.6. The first-order valence-electron chi connectivity index (χ1n) is 7.39. The lowest BCUT2D eigenvalue weighted by atomic mass is 10.2. The molecule has 2 N–H and O–H groups in total. The maximum Gasteiger partial charge on any atom is 0.259 e. The molecule has 0 saturated carbocycles. The molecule has 0 unspecified atom stereocenters. The molecule has 22 heavy (non-hydrogen) atoms. The van der Waals surface area contributed by atoms with E-state index in [0.29, 0.717) is 24.4 Å². The second-order valence-corrected chi connectivity index (χ2v) is 5.10. The van der Waals surface area contributed by atoms with E-state index in [4.69, 9.17) is 4.52 Å². The van der Waals surface area contributed by atoms with Crippen molar-refractivity contribution in [1.29, 1.82) is 0 Å². The van der Waals surface area contributed by atoms with E-state index in [9.17, 15) is 9.59 Å². The molecule has 7 nitrogen and oxygen atoms in total. The van der Waals surface area contributed by atoms with Gasteiger partial charge in [-0.1, -0.05) is 18.5 Å². The third-order valence-corrected chi connectivity index (χ3v) is 3.18. The fourth-order valence-corrected chi connectivity index (χ4v) is 1.93. The van der Waals surface area contributed by atoms with Crippen molar-refractivity contribution >= 4 is 5.91 Å². The summed E-state index contributed by atoms with van der Waals surface area (Å²) in [4.78, 5) is 30.3. The third kappa shape index (κ3) is 4.28. The zero-order valence-electron chi connectivity index (χ0n) is 12.8. The summed E-state index contributed by atoms with van der Waals surface area (Å²) >= 11 is 0. The number of hydrogen-bond donors (Lipinski definition) is 2. The third-order valence-electron chi connectivity index (χ3n) is 3.18. The van der Waals surface area contributed by atoms with Crippen LogP contribution in [0.1, 0.15) is 37.8 Å². The quantitative estimate of drug-likeness (QED) is 0.756. The molecule has 0 spiro atoms. The second kappa shape index (κ2) is 7.53. The van der Waals surface area contributed by atoms with E-state index in [1.165, 1.54) is 0 Å². The van der Waals surface area contributed by atoms with Crippen LogP contribution in [0.2, 0.25) is 0 Å². The number of aromatic nitrogens is 3. The molecule has 0 aliphatic rings. The van der Waals surface area contributed by atoms with Crippen molar-refractivity contribution in [2.75, 3.05) is 6.54 Å². The van der Waals surface area contributed by atoms with Crippen LogP contribution in [0.15, 0.2) is 21.5 Å². The van der Waals surface area contributed by atoms with E-state index in [2.05, 4.69) is 27.4 Å². The van der Waals surface area contributed by atoms with Crippen LogP contribution in [0, 0.1) is 6.92 Å². The molecule has 1 amide bonds. The predicted molar refractivity (Wildman–Crippen MR) is 81.3 cm³/mol. The van der Waals surface area contributed by atoms with Gasteiger partial charge in [-0.2, -0.15) is 4.98 Å². The van der Waals surface area contributed by atoms with Crippen LogP contribution in [0.4, 0.5) is 0 Å². The molecule has 0 saturated heterocycles. The van der Waals surface area contributed by atoms with Crippen molar-refractivity contribution in [3.63, 3.8) is 0 Å². The molecule has 0 aromatic carbocycles. The summed E-state index contributed by atoms with van der Waals surface area (Å²) in [7, 11) is 0. The van der Waals surface area contributed by atoms with Crippen molar-refractivity contribution in [1.82, 2.24) is 20.4 Å². The lowest BCUT2D eigenvalue weighted by Crippen LogP contribution is -2.24. The molecular weight excluding hydrogens is 284 g/mol. The number of unbranched alkanes of at least 4 members (excludes halogenated alkanes) is 1. The summed E-state index contributed by atoms with van der Waals surface area (Å²) in [5.74, 6) is 0.546. The first kappa shape index (κ1) is 15.9. The van der Waals surface area contributed by atoms with Crippen LogP contribution >= 0.6 is 0 Å². The maximum atomic E-state index is 11.8. The number of H-pyrrole nitrogens is 1. The molecule has 0 bridgehead atoms. The van der Waals surface area contributed by atoms with Crippen LogP contribution in [0.5, 0.6) is 0 Å². The fraction of sp³-hybridized carbons (Fsp3) is 0.467. The Kier molecular flexibility index (Phi) is 5.46. The number of rotatable bonds is 7. The Labute approximate surface area is 128 Å². The van der Waals surface area contributed by atoms with Crippen molar-refractivity contribution in [2.45, 2.75) is 39.5 Å². The molecule has 2 rings (SSSR count). The average molecular weight is 304 g/mol. The van der Waals surface area contributed by atoms with E-state index in [0.717, 1.165) is 18.5 Å². The Hall–Kier alpha value is -2.44. The number of hydrogen-bond acceptors (Lipinski definition) is 5. The summed E-state index contributed by atoms with van der Waals surface area (Å²) in [5, 5.41) is 6.62. The molecule has 0 aliphatic heterocycles. The van der Waals surface area contributed by atoms with E-state index in [1.807, 2.05) is 0 Å². The van der Waals surface area contributed by atoms with Gasteiger partial charge in [0.1, 0.15) is 0 Å². The highest BCUT2D eigenvalue weighted by Crippen LogP contribution is 2.12. The summed E-state index contributed by atoms with van der Waals surface area (Å²) in [6.45, 7) is 4.55. The fourth-order valence-electron chi connectivity index (χ4n) is 1.93. The highest BCUT2D eigenvalue weighted by Gasteiger charge is 2.13. The first-order valence-corrected chi connectivity index (χ1v) is 7.39. The predicted octanol–water partition coefficient (Wildman–Crippen LogP) is 1.58. The van der Waals surface area contributed by atoms with Gasteiger partial charge in [0, 0.05) is 25.1 Å². The van der Waals surface area contributed by atoms with Gasteiger partial charge < -0.3 is 14.8 Å². The molecule has 0 atom stereocenters. The monoisotopic (exact) mass is 304 g/mol. The van der Waals surface area contributed by atoms with Crippen LogP contribution in [-0.2, 0) is 11.2 Å². The number of aryl methyl sites for hydroxylation is 2. The number of pyridine rings is 1. The lowest BCUT2D eigenvalue weighted by Gasteiger charge is -2.01. The number of aromatic amines is 1. The minimum Gasteiger partial charge on any atom is -0.356 e. The van der Waals surface area contributed by atoms with Crippen LogP contribution < -0.4 is 10.9 Å². The number of carbonyl (C=O) groups excluding carboxylic acids is 1. The van der Waals surface area contributed by atoms with Crippen molar-refractivity contribution in [3.8, 4) is 11.4 Å². The second-order valence-electron chi connectivity index (χ2n) is 5.10. The van der Waals surface area contributed by atoms with E-state index >= 15 is 0 Å². The van der Waals surface area contributed by atoms with Gasteiger partial charge >= 0.3 is 0 Å². The highest BCUT2D eigenvalue weighted by molar-refractivity contribution is 5.75. The van der Waals surface area contributed by atoms with Crippen molar-refractivity contribution < 1.29 is 9.32 Å². The molecule has 0 fully saturated rings. The van der Waals surface area contributed by atoms with E-state index < -0.39 is 0 Å². The summed E-state index contributed by atoms with van der Waals surface area (Å²) in [5.41, 5.74) is 0.860. The zero-order chi connectivity index (χ0) is 15.9. The Morgan fingerprint density at radius 3 is 2.95 bits per heavy atom. The number of amides is 1. The Bertz CT molecular complexity index is 690. The zero-order valence-corrected chi connectivity index (χ0v) is 12.8. The van der Waals surface area contributed by atoms with Crippen molar-refractivity contribution in [3.05, 3.63) is 34.1 Å². The topological polar surface area (TPSA) is 101 Å². The highest BCUT2D eigenvalue weighted by atomic mass is 16.5. The first-order chi connectivity index (χ1) is 10.6. The largest absolute Gasteiger partial charge is 0.356 e. The summed E-state index contributed by atoms with van der Waals surface area (Å²) < 4.78 is 5.09. The number of nitrogens with zero attached hydrogens (tertiary/aromatic N) is 2. The Balaban J connectivity index is 1.94. The van der Waals surface area contributed by atoms with Crippen LogP contribution in [0.3, 0.4) is 0 Å². The standard InChI is InChI=1S/C15H20N4O3/c1-3-4-9-16-12(20)7-8-13-18-14(19-22-13)11-6-5-10(2)17-15(11)21/h5-6H,3-4,7-9H2,1-2H3,(H,16,20)(H,17,21).